The number of carbonyl (C=O) groups excluding carboxylic acids is 1. The van der Waals surface area contributed by atoms with Crippen molar-refractivity contribution in [3.8, 4) is 11.5 Å². The molecule has 6 heteroatoms. The van der Waals surface area contributed by atoms with Gasteiger partial charge in [0, 0.05) is 29.5 Å². The summed E-state index contributed by atoms with van der Waals surface area (Å²) in [6.07, 6.45) is 0. The lowest BCUT2D eigenvalue weighted by Gasteiger charge is -2.07. The molecule has 4 rings (SSSR count). The lowest BCUT2D eigenvalue weighted by molar-refractivity contribution is 0.0943. The van der Waals surface area contributed by atoms with Gasteiger partial charge in [0.1, 0.15) is 5.69 Å². The Balaban J connectivity index is 1.53. The van der Waals surface area contributed by atoms with Crippen molar-refractivity contribution in [1.29, 1.82) is 0 Å². The largest absolute Gasteiger partial charge is 0.454 e. The SMILES string of the molecule is Cn1c(C(=O)NCc2ccc3c(c2)OCO3)cc2ccc(Cl)cc21. The van der Waals surface area contributed by atoms with Crippen molar-refractivity contribution in [2.75, 3.05) is 6.79 Å². The van der Waals surface area contributed by atoms with Gasteiger partial charge >= 0.3 is 0 Å². The van der Waals surface area contributed by atoms with Crippen molar-refractivity contribution in [3.63, 3.8) is 0 Å². The third kappa shape index (κ3) is 2.57. The van der Waals surface area contributed by atoms with E-state index in [0.717, 1.165) is 22.2 Å². The molecule has 0 fully saturated rings. The van der Waals surface area contributed by atoms with Gasteiger partial charge in [-0.25, -0.2) is 0 Å². The fourth-order valence-corrected chi connectivity index (χ4v) is 3.01. The summed E-state index contributed by atoms with van der Waals surface area (Å²) in [6.45, 7) is 0.654. The Morgan fingerprint density at radius 3 is 2.88 bits per heavy atom. The molecule has 0 aliphatic carbocycles. The van der Waals surface area contributed by atoms with E-state index < -0.39 is 0 Å². The van der Waals surface area contributed by atoms with Gasteiger partial charge in [-0.2, -0.15) is 0 Å². The topological polar surface area (TPSA) is 52.5 Å². The van der Waals surface area contributed by atoms with Crippen LogP contribution in [0, 0.1) is 0 Å². The molecule has 2 heterocycles. The molecule has 0 atom stereocenters. The number of hydrogen-bond donors (Lipinski definition) is 1. The van der Waals surface area contributed by atoms with Crippen LogP contribution in [0.25, 0.3) is 10.9 Å². The molecular formula is C18H15ClN2O3. The molecule has 3 aromatic rings. The Kier molecular flexibility index (Phi) is 3.58. The number of nitrogens with one attached hydrogen (secondary N) is 1. The van der Waals surface area contributed by atoms with Crippen LogP contribution >= 0.6 is 11.6 Å². The van der Waals surface area contributed by atoms with Gasteiger partial charge in [0.25, 0.3) is 5.91 Å². The number of rotatable bonds is 3. The second-order valence-electron chi connectivity index (χ2n) is 5.66. The molecule has 1 N–H and O–H groups in total. The minimum absolute atomic E-state index is 0.137. The number of ether oxygens (including phenoxy) is 2. The molecule has 2 aromatic carbocycles. The Labute approximate surface area is 143 Å². The molecule has 1 aromatic heterocycles. The lowest BCUT2D eigenvalue weighted by Crippen LogP contribution is -2.24. The van der Waals surface area contributed by atoms with E-state index in [4.69, 9.17) is 21.1 Å². The van der Waals surface area contributed by atoms with E-state index in [1.54, 1.807) is 0 Å². The van der Waals surface area contributed by atoms with E-state index in [2.05, 4.69) is 5.32 Å². The van der Waals surface area contributed by atoms with Crippen LogP contribution in [0.4, 0.5) is 0 Å². The van der Waals surface area contributed by atoms with E-state index in [-0.39, 0.29) is 12.7 Å². The zero-order valence-electron chi connectivity index (χ0n) is 13.0. The average Bonchev–Trinajstić information content (AvgIpc) is 3.17. The van der Waals surface area contributed by atoms with Crippen LogP contribution in [-0.2, 0) is 13.6 Å². The molecule has 5 nitrogen and oxygen atoms in total. The maximum atomic E-state index is 12.5. The fourth-order valence-electron chi connectivity index (χ4n) is 2.84. The number of nitrogens with zero attached hydrogens (tertiary/aromatic N) is 1. The van der Waals surface area contributed by atoms with E-state index in [0.29, 0.717) is 23.0 Å². The Morgan fingerprint density at radius 2 is 2.00 bits per heavy atom. The van der Waals surface area contributed by atoms with E-state index in [1.165, 1.54) is 0 Å². The molecule has 1 aliphatic heterocycles. The molecule has 0 bridgehead atoms. The van der Waals surface area contributed by atoms with Gasteiger partial charge in [0.05, 0.1) is 0 Å². The fraction of sp³-hybridized carbons (Fsp3) is 0.167. The summed E-state index contributed by atoms with van der Waals surface area (Å²) >= 11 is 6.03. The summed E-state index contributed by atoms with van der Waals surface area (Å²) in [5, 5.41) is 4.56. The molecule has 24 heavy (non-hydrogen) atoms. The van der Waals surface area contributed by atoms with Crippen LogP contribution in [0.1, 0.15) is 16.1 Å². The van der Waals surface area contributed by atoms with Crippen LogP contribution in [-0.4, -0.2) is 17.3 Å². The summed E-state index contributed by atoms with van der Waals surface area (Å²) < 4.78 is 12.5. The summed E-state index contributed by atoms with van der Waals surface area (Å²) in [4.78, 5) is 12.5. The Bertz CT molecular complexity index is 949. The zero-order valence-corrected chi connectivity index (χ0v) is 13.8. The van der Waals surface area contributed by atoms with Gasteiger partial charge in [-0.3, -0.25) is 4.79 Å². The summed E-state index contributed by atoms with van der Waals surface area (Å²) in [5.41, 5.74) is 2.47. The number of hydrogen-bond acceptors (Lipinski definition) is 3. The maximum Gasteiger partial charge on any atom is 0.268 e. The molecule has 0 spiro atoms. The molecule has 0 saturated heterocycles. The minimum Gasteiger partial charge on any atom is -0.454 e. The van der Waals surface area contributed by atoms with Gasteiger partial charge in [0.15, 0.2) is 11.5 Å². The molecule has 1 aliphatic rings. The number of benzene rings is 2. The molecule has 122 valence electrons. The van der Waals surface area contributed by atoms with Crippen LogP contribution < -0.4 is 14.8 Å². The average molecular weight is 343 g/mol. The number of fused-ring (bicyclic) bond motifs is 2. The van der Waals surface area contributed by atoms with E-state index in [9.17, 15) is 4.79 Å². The molecule has 0 saturated carbocycles. The van der Waals surface area contributed by atoms with Gasteiger partial charge < -0.3 is 19.4 Å². The zero-order chi connectivity index (χ0) is 16.7. The van der Waals surface area contributed by atoms with Gasteiger partial charge in [0.2, 0.25) is 6.79 Å². The van der Waals surface area contributed by atoms with Crippen LogP contribution in [0.5, 0.6) is 11.5 Å². The summed E-state index contributed by atoms with van der Waals surface area (Å²) in [7, 11) is 1.86. The number of aryl methyl sites for hydroxylation is 1. The monoisotopic (exact) mass is 342 g/mol. The standard InChI is InChI=1S/C18H15ClN2O3/c1-21-14-8-13(19)4-3-12(14)7-15(21)18(22)20-9-11-2-5-16-17(6-11)24-10-23-16/h2-8H,9-10H2,1H3,(H,20,22). The van der Waals surface area contributed by atoms with Crippen molar-refractivity contribution >= 4 is 28.4 Å². The molecule has 0 unspecified atom stereocenters. The lowest BCUT2D eigenvalue weighted by atomic mass is 10.2. The highest BCUT2D eigenvalue weighted by Crippen LogP contribution is 2.32. The smallest absolute Gasteiger partial charge is 0.268 e. The first-order chi connectivity index (χ1) is 11.6. The maximum absolute atomic E-state index is 12.5. The highest BCUT2D eigenvalue weighted by atomic mass is 35.5. The number of aromatic nitrogens is 1. The first-order valence-corrected chi connectivity index (χ1v) is 7.91. The molecule has 0 radical (unpaired) electrons. The third-order valence-corrected chi connectivity index (χ3v) is 4.37. The van der Waals surface area contributed by atoms with Crippen molar-refractivity contribution in [1.82, 2.24) is 9.88 Å². The third-order valence-electron chi connectivity index (χ3n) is 4.13. The van der Waals surface area contributed by atoms with Gasteiger partial charge in [-0.05, 0) is 35.9 Å². The number of amides is 1. The highest BCUT2D eigenvalue weighted by molar-refractivity contribution is 6.31. The van der Waals surface area contributed by atoms with E-state index >= 15 is 0 Å². The summed E-state index contributed by atoms with van der Waals surface area (Å²) in [6, 6.07) is 13.1. The van der Waals surface area contributed by atoms with E-state index in [1.807, 2.05) is 54.1 Å². The normalized spacial score (nSPS) is 12.6. The Morgan fingerprint density at radius 1 is 1.17 bits per heavy atom. The Hall–Kier alpha value is -2.66. The van der Waals surface area contributed by atoms with Crippen molar-refractivity contribution in [3.05, 3.63) is 58.7 Å². The highest BCUT2D eigenvalue weighted by Gasteiger charge is 2.15. The molecule has 1 amide bonds. The predicted octanol–water partition coefficient (Wildman–Crippen LogP) is 3.49. The second-order valence-corrected chi connectivity index (χ2v) is 6.10. The van der Waals surface area contributed by atoms with Crippen molar-refractivity contribution < 1.29 is 14.3 Å². The van der Waals surface area contributed by atoms with Gasteiger partial charge in [-0.1, -0.05) is 23.7 Å². The second kappa shape index (κ2) is 5.76. The quantitative estimate of drug-likeness (QED) is 0.792. The van der Waals surface area contributed by atoms with Crippen LogP contribution in [0.3, 0.4) is 0 Å². The van der Waals surface area contributed by atoms with Crippen molar-refractivity contribution in [2.24, 2.45) is 7.05 Å². The first-order valence-electron chi connectivity index (χ1n) is 7.53. The van der Waals surface area contributed by atoms with Crippen LogP contribution in [0.2, 0.25) is 5.02 Å². The minimum atomic E-state index is -0.137. The van der Waals surface area contributed by atoms with Gasteiger partial charge in [-0.15, -0.1) is 0 Å². The molecular weight excluding hydrogens is 328 g/mol. The first kappa shape index (κ1) is 14.9. The number of carbonyl (C=O) groups is 1. The number of halogens is 1. The van der Waals surface area contributed by atoms with Crippen molar-refractivity contribution in [2.45, 2.75) is 6.54 Å². The van der Waals surface area contributed by atoms with Crippen LogP contribution in [0.15, 0.2) is 42.5 Å². The summed E-state index contributed by atoms with van der Waals surface area (Å²) in [5.74, 6) is 1.30. The predicted molar refractivity (Wildman–Crippen MR) is 91.7 cm³/mol.